The van der Waals surface area contributed by atoms with Crippen LogP contribution in [0.2, 0.25) is 0 Å². The van der Waals surface area contributed by atoms with E-state index >= 15 is 0 Å². The number of benzene rings is 11. The molecule has 0 atom stereocenters. The zero-order chi connectivity index (χ0) is 71.1. The molecule has 5 heteroatoms. The predicted molar refractivity (Wildman–Crippen MR) is 398 cm³/mol. The topological polar surface area (TPSA) is 16.3 Å². The minimum Gasteiger partial charge on any atom is -0.311 e. The van der Waals surface area contributed by atoms with Crippen molar-refractivity contribution in [2.24, 2.45) is 5.41 Å². The van der Waals surface area contributed by atoms with Gasteiger partial charge in [0.15, 0.2) is 0 Å². The van der Waals surface area contributed by atoms with Crippen LogP contribution in [0.4, 0.5) is 34.1 Å². The van der Waals surface area contributed by atoms with E-state index in [1.54, 1.807) is 0 Å². The number of hydrogen-bond acceptors (Lipinski definition) is 2. The third kappa shape index (κ3) is 9.88. The summed E-state index contributed by atoms with van der Waals surface area (Å²) in [6, 6.07) is 64.6. The van der Waals surface area contributed by atoms with Crippen LogP contribution in [-0.4, -0.2) is 15.8 Å². The summed E-state index contributed by atoms with van der Waals surface area (Å²) in [7, 11) is 0. The third-order valence-electron chi connectivity index (χ3n) is 19.3. The highest BCUT2D eigenvalue weighted by Gasteiger charge is 2.45. The van der Waals surface area contributed by atoms with E-state index in [0.717, 1.165) is 129 Å². The van der Waals surface area contributed by atoms with Gasteiger partial charge in [-0.1, -0.05) is 237 Å². The smallest absolute Gasteiger partial charge is 0.252 e. The quantitative estimate of drug-likeness (QED) is 0.148. The number of hydrogen-bond donors (Lipinski definition) is 0. The normalized spacial score (nSPS) is 14.8. The second-order valence-electron chi connectivity index (χ2n) is 31.2. The molecule has 0 unspecified atom stereocenters. The first kappa shape index (κ1) is 50.3. The summed E-state index contributed by atoms with van der Waals surface area (Å²) < 4.78 is 79.7. The average Bonchev–Trinajstić information content (AvgIpc) is 0.717. The Kier molecular flexibility index (Phi) is 11.6. The van der Waals surface area contributed by atoms with E-state index in [-0.39, 0.29) is 75.4 Å². The molecule has 0 aliphatic carbocycles. The number of fused-ring (bicyclic) bond motifs is 10. The molecule has 0 spiro atoms. The van der Waals surface area contributed by atoms with E-state index in [9.17, 15) is 8.22 Å². The first-order valence-corrected chi connectivity index (χ1v) is 32.7. The largest absolute Gasteiger partial charge is 0.311 e. The van der Waals surface area contributed by atoms with Crippen LogP contribution >= 0.6 is 0 Å². The molecule has 0 radical (unpaired) electrons. The van der Waals surface area contributed by atoms with Crippen LogP contribution in [-0.2, 0) is 28.1 Å². The van der Waals surface area contributed by atoms with Crippen LogP contribution < -0.4 is 26.2 Å². The van der Waals surface area contributed by atoms with Crippen LogP contribution in [0, 0.1) is 5.41 Å². The van der Waals surface area contributed by atoms with Crippen LogP contribution in [0.15, 0.2) is 230 Å². The lowest BCUT2D eigenvalue weighted by atomic mass is 9.33. The van der Waals surface area contributed by atoms with Gasteiger partial charge in [-0.3, -0.25) is 0 Å². The first-order valence-electron chi connectivity index (χ1n) is 36.7. The van der Waals surface area contributed by atoms with Crippen molar-refractivity contribution in [1.82, 2.24) is 9.13 Å². The van der Waals surface area contributed by atoms with Crippen molar-refractivity contribution in [2.45, 2.75) is 132 Å². The molecule has 456 valence electrons. The minimum absolute atomic E-state index is 0.0770. The Morgan fingerprint density at radius 1 is 0.337 bits per heavy atom. The molecular formula is C87H85BN4. The monoisotopic (exact) mass is 1200 g/mol. The van der Waals surface area contributed by atoms with E-state index in [4.69, 9.17) is 2.74 Å². The van der Waals surface area contributed by atoms with Crippen molar-refractivity contribution in [1.29, 1.82) is 0 Å². The number of aromatic nitrogens is 2. The molecule has 0 amide bonds. The molecule has 2 aliphatic heterocycles. The SMILES string of the molecule is [2H]c1c([2H])c([2H])c2c(c1[2H])c1cc(C(C)(C)C)ccc1n2-c1ccc2c(c1)N(c1ccc(C(C)(C)C)cc1-c1ccccc1)c1cc(CC(C)(C)C)cc3c1B2c1ccc(-n2c4ccc(C(C)(C)C)cc4c4c([2H])c([2H])c([2H])c([2H])c42)cc1N3c1ccc(C(C)(C)C)cc1-c1ccccc1. The predicted octanol–water partition coefficient (Wildman–Crippen LogP) is 22.1. The fourth-order valence-electron chi connectivity index (χ4n) is 14.5. The Labute approximate surface area is 557 Å². The van der Waals surface area contributed by atoms with Gasteiger partial charge >= 0.3 is 0 Å². The van der Waals surface area contributed by atoms with Gasteiger partial charge in [-0.25, -0.2) is 0 Å². The lowest BCUT2D eigenvalue weighted by molar-refractivity contribution is 0.411. The van der Waals surface area contributed by atoms with Crippen molar-refractivity contribution in [3.8, 4) is 33.6 Å². The lowest BCUT2D eigenvalue weighted by Gasteiger charge is -2.45. The molecule has 0 saturated heterocycles. The number of para-hydroxylation sites is 2. The zero-order valence-corrected chi connectivity index (χ0v) is 55.9. The Bertz CT molecular complexity index is 5260. The molecule has 13 aromatic rings. The van der Waals surface area contributed by atoms with Gasteiger partial charge in [0.05, 0.1) is 44.4 Å². The number of rotatable bonds is 7. The van der Waals surface area contributed by atoms with Crippen molar-refractivity contribution in [3.05, 3.63) is 258 Å². The maximum absolute atomic E-state index is 9.82. The van der Waals surface area contributed by atoms with Crippen LogP contribution in [0.5, 0.6) is 0 Å². The van der Waals surface area contributed by atoms with Crippen LogP contribution in [0.3, 0.4) is 0 Å². The van der Waals surface area contributed by atoms with Gasteiger partial charge in [-0.2, -0.15) is 0 Å². The van der Waals surface area contributed by atoms with E-state index in [1.165, 1.54) is 11.1 Å². The molecule has 0 bridgehead atoms. The van der Waals surface area contributed by atoms with E-state index in [1.807, 2.05) is 0 Å². The summed E-state index contributed by atoms with van der Waals surface area (Å²) in [4.78, 5) is 4.98. The standard InChI is InChI=1S/C87H85BN4/c1-83(2,3)54-55-46-80-82-81(47-55)92(75-43-35-59(85(7,8)9)49-67(75)57-28-20-17-21-29-57)79-53-63(90-73-33-25-23-31-65(73)69-51-61(87(13,14)15)37-45-77(69)90)39-41-71(79)88(82)70-40-38-62(89-72-32-24-22-30-64(72)68-50-60(86(10,11)12)36-44-76(68)89)52-78(70)91(80)74-42-34-58(84(4,5)6)48-66(74)56-26-18-16-19-27-56/h16-53H,54H2,1-15H3/i22D,23D,24D,25D,30D,31D,32D,33D. The second-order valence-corrected chi connectivity index (χ2v) is 31.2. The molecule has 15 rings (SSSR count). The summed E-state index contributed by atoms with van der Waals surface area (Å²) in [5.41, 5.74) is 21.6. The Balaban J connectivity index is 1.12. The number of nitrogens with zero attached hydrogens (tertiary/aromatic N) is 4. The fraction of sp³-hybridized carbons (Fsp3) is 0.241. The molecule has 0 N–H and O–H groups in total. The molecule has 92 heavy (non-hydrogen) atoms. The average molecular weight is 1210 g/mol. The highest BCUT2D eigenvalue weighted by Crippen LogP contribution is 2.52. The lowest BCUT2D eigenvalue weighted by Crippen LogP contribution is -2.61. The van der Waals surface area contributed by atoms with Crippen molar-refractivity contribution >= 4 is 101 Å². The Morgan fingerprint density at radius 2 is 0.717 bits per heavy atom. The summed E-state index contributed by atoms with van der Waals surface area (Å²) in [5, 5.41) is 2.46. The zero-order valence-electron chi connectivity index (χ0n) is 63.9. The van der Waals surface area contributed by atoms with Crippen molar-refractivity contribution < 1.29 is 11.0 Å². The van der Waals surface area contributed by atoms with Gasteiger partial charge in [0.25, 0.3) is 6.71 Å². The first-order chi connectivity index (χ1) is 47.1. The highest BCUT2D eigenvalue weighted by molar-refractivity contribution is 7.00. The molecule has 0 saturated carbocycles. The number of anilines is 6. The Morgan fingerprint density at radius 3 is 1.11 bits per heavy atom. The van der Waals surface area contributed by atoms with Gasteiger partial charge in [0, 0.05) is 66.8 Å². The molecule has 4 nitrogen and oxygen atoms in total. The van der Waals surface area contributed by atoms with Gasteiger partial charge in [0.2, 0.25) is 0 Å². The molecule has 0 fully saturated rings. The van der Waals surface area contributed by atoms with E-state index in [0.29, 0.717) is 21.8 Å². The molecule has 4 heterocycles. The van der Waals surface area contributed by atoms with Gasteiger partial charge < -0.3 is 18.9 Å². The summed E-state index contributed by atoms with van der Waals surface area (Å²) in [5.74, 6) is 0. The minimum atomic E-state index is -0.410. The van der Waals surface area contributed by atoms with Crippen molar-refractivity contribution in [3.63, 3.8) is 0 Å². The molecule has 11 aromatic carbocycles. The van der Waals surface area contributed by atoms with Crippen LogP contribution in [0.1, 0.15) is 143 Å². The second kappa shape index (κ2) is 21.1. The molecule has 2 aliphatic rings. The van der Waals surface area contributed by atoms with Crippen LogP contribution in [0.25, 0.3) is 77.2 Å². The summed E-state index contributed by atoms with van der Waals surface area (Å²) in [6.45, 7) is 33.1. The van der Waals surface area contributed by atoms with E-state index < -0.39 is 6.71 Å². The van der Waals surface area contributed by atoms with Gasteiger partial charge in [-0.05, 0) is 186 Å². The molecule has 2 aromatic heterocycles. The summed E-state index contributed by atoms with van der Waals surface area (Å²) >= 11 is 0. The van der Waals surface area contributed by atoms with Gasteiger partial charge in [-0.15, -0.1) is 0 Å². The van der Waals surface area contributed by atoms with Crippen molar-refractivity contribution in [2.75, 3.05) is 9.80 Å². The summed E-state index contributed by atoms with van der Waals surface area (Å²) in [6.07, 6.45) is 0.725. The van der Waals surface area contributed by atoms with Gasteiger partial charge in [0.1, 0.15) is 0 Å². The van der Waals surface area contributed by atoms with E-state index in [2.05, 4.69) is 305 Å². The maximum atomic E-state index is 9.82. The maximum Gasteiger partial charge on any atom is 0.252 e. The third-order valence-corrected chi connectivity index (χ3v) is 19.3. The Hall–Kier alpha value is -9.32. The fourth-order valence-corrected chi connectivity index (χ4v) is 14.5. The highest BCUT2D eigenvalue weighted by atomic mass is 15.2. The molecular weight excluding hydrogens is 1110 g/mol.